The minimum atomic E-state index is -0.115. The van der Waals surface area contributed by atoms with E-state index in [-0.39, 0.29) is 11.8 Å². The molecule has 0 spiro atoms. The maximum atomic E-state index is 12.4. The first-order chi connectivity index (χ1) is 11.2. The first kappa shape index (κ1) is 16.0. The molecule has 0 radical (unpaired) electrons. The molecule has 2 aliphatic heterocycles. The normalized spacial score (nSPS) is 21.6. The lowest BCUT2D eigenvalue weighted by molar-refractivity contribution is -0.131. The van der Waals surface area contributed by atoms with Crippen molar-refractivity contribution in [3.05, 3.63) is 35.9 Å². The average molecular weight is 315 g/mol. The van der Waals surface area contributed by atoms with Crippen molar-refractivity contribution in [3.8, 4) is 0 Å². The van der Waals surface area contributed by atoms with E-state index in [0.717, 1.165) is 26.1 Å². The molecule has 23 heavy (non-hydrogen) atoms. The Kier molecular flexibility index (Phi) is 5.28. The van der Waals surface area contributed by atoms with Crippen molar-refractivity contribution in [2.75, 3.05) is 32.7 Å². The summed E-state index contributed by atoms with van der Waals surface area (Å²) in [7, 11) is 0. The van der Waals surface area contributed by atoms with Crippen molar-refractivity contribution >= 4 is 11.8 Å². The fraction of sp³-hybridized carbons (Fsp3) is 0.556. The van der Waals surface area contributed by atoms with E-state index in [2.05, 4.69) is 10.2 Å². The molecule has 5 heteroatoms. The van der Waals surface area contributed by atoms with Crippen molar-refractivity contribution < 1.29 is 9.59 Å². The third-order valence-electron chi connectivity index (χ3n) is 4.82. The highest BCUT2D eigenvalue weighted by Gasteiger charge is 2.30. The molecule has 2 aliphatic rings. The summed E-state index contributed by atoms with van der Waals surface area (Å²) in [6.45, 7) is 4.39. The molecule has 0 aliphatic carbocycles. The van der Waals surface area contributed by atoms with Crippen LogP contribution in [-0.2, 0) is 4.79 Å². The Labute approximate surface area is 137 Å². The number of carbonyl (C=O) groups is 2. The van der Waals surface area contributed by atoms with Crippen LogP contribution in [0.5, 0.6) is 0 Å². The van der Waals surface area contributed by atoms with Gasteiger partial charge in [0.25, 0.3) is 5.91 Å². The Morgan fingerprint density at radius 2 is 1.87 bits per heavy atom. The van der Waals surface area contributed by atoms with Gasteiger partial charge in [-0.1, -0.05) is 18.2 Å². The molecule has 0 bridgehead atoms. The fourth-order valence-corrected chi connectivity index (χ4v) is 3.57. The number of hydrogen-bond acceptors (Lipinski definition) is 3. The van der Waals surface area contributed by atoms with Crippen LogP contribution in [0.2, 0.25) is 0 Å². The molecule has 2 amide bonds. The summed E-state index contributed by atoms with van der Waals surface area (Å²) in [4.78, 5) is 28.9. The number of carbonyl (C=O) groups excluding carboxylic acids is 2. The van der Waals surface area contributed by atoms with Crippen LogP contribution in [0.4, 0.5) is 0 Å². The molecule has 2 saturated heterocycles. The quantitative estimate of drug-likeness (QED) is 0.916. The second kappa shape index (κ2) is 7.59. The van der Waals surface area contributed by atoms with Crippen molar-refractivity contribution in [2.45, 2.75) is 31.7 Å². The van der Waals surface area contributed by atoms with Gasteiger partial charge in [-0.25, -0.2) is 0 Å². The van der Waals surface area contributed by atoms with Crippen LogP contribution in [0.15, 0.2) is 30.3 Å². The Bertz CT molecular complexity index is 546. The molecule has 0 saturated carbocycles. The standard InChI is InChI=1S/C18H25N3O2/c22-17(9-10-19-18(23)15-6-2-1-3-7-15)21-13-5-12-20-11-4-8-16(20)14-21/h1-3,6-7,16H,4-5,8-14H2,(H,19,23)/t16-/m0/s1. The molecule has 2 heterocycles. The molecule has 3 rings (SSSR count). The van der Waals surface area contributed by atoms with E-state index >= 15 is 0 Å². The van der Waals surface area contributed by atoms with Crippen LogP contribution in [0.25, 0.3) is 0 Å². The topological polar surface area (TPSA) is 52.7 Å². The summed E-state index contributed by atoms with van der Waals surface area (Å²) in [6.07, 6.45) is 3.89. The van der Waals surface area contributed by atoms with Crippen LogP contribution in [0.1, 0.15) is 36.0 Å². The number of benzene rings is 1. The number of nitrogens with one attached hydrogen (secondary N) is 1. The van der Waals surface area contributed by atoms with Crippen molar-refractivity contribution in [1.29, 1.82) is 0 Å². The third-order valence-corrected chi connectivity index (χ3v) is 4.82. The monoisotopic (exact) mass is 315 g/mol. The number of fused-ring (bicyclic) bond motifs is 1. The van der Waals surface area contributed by atoms with Crippen LogP contribution in [-0.4, -0.2) is 60.4 Å². The van der Waals surface area contributed by atoms with Gasteiger partial charge in [0.2, 0.25) is 5.91 Å². The zero-order valence-electron chi connectivity index (χ0n) is 13.5. The SMILES string of the molecule is O=C(NCCC(=O)N1CCCN2CCC[C@H]2C1)c1ccccc1. The lowest BCUT2D eigenvalue weighted by Crippen LogP contribution is -2.40. The van der Waals surface area contributed by atoms with Crippen molar-refractivity contribution in [1.82, 2.24) is 15.1 Å². The second-order valence-corrected chi connectivity index (χ2v) is 6.40. The second-order valence-electron chi connectivity index (χ2n) is 6.40. The van der Waals surface area contributed by atoms with Gasteiger partial charge in [-0.15, -0.1) is 0 Å². The van der Waals surface area contributed by atoms with Crippen molar-refractivity contribution in [3.63, 3.8) is 0 Å². The summed E-state index contributed by atoms with van der Waals surface area (Å²) in [6, 6.07) is 9.66. The van der Waals surface area contributed by atoms with E-state index in [0.29, 0.717) is 24.6 Å². The van der Waals surface area contributed by atoms with Crippen LogP contribution >= 0.6 is 0 Å². The van der Waals surface area contributed by atoms with Gasteiger partial charge in [0, 0.05) is 44.2 Å². The van der Waals surface area contributed by atoms with E-state index in [1.54, 1.807) is 12.1 Å². The Morgan fingerprint density at radius 3 is 2.70 bits per heavy atom. The maximum Gasteiger partial charge on any atom is 0.251 e. The predicted octanol–water partition coefficient (Wildman–Crippen LogP) is 1.50. The lowest BCUT2D eigenvalue weighted by atomic mass is 10.2. The molecule has 124 valence electrons. The first-order valence-corrected chi connectivity index (χ1v) is 8.59. The van der Waals surface area contributed by atoms with E-state index in [1.165, 1.54) is 19.4 Å². The van der Waals surface area contributed by atoms with E-state index in [9.17, 15) is 9.59 Å². The van der Waals surface area contributed by atoms with E-state index in [1.807, 2.05) is 23.1 Å². The molecule has 1 aromatic rings. The summed E-state index contributed by atoms with van der Waals surface area (Å²) < 4.78 is 0. The summed E-state index contributed by atoms with van der Waals surface area (Å²) in [5.41, 5.74) is 0.635. The van der Waals surface area contributed by atoms with Crippen LogP contribution < -0.4 is 5.32 Å². The molecule has 1 N–H and O–H groups in total. The highest BCUT2D eigenvalue weighted by atomic mass is 16.2. The lowest BCUT2D eigenvalue weighted by Gasteiger charge is -2.25. The minimum Gasteiger partial charge on any atom is -0.352 e. The highest BCUT2D eigenvalue weighted by Crippen LogP contribution is 2.21. The maximum absolute atomic E-state index is 12.4. The van der Waals surface area contributed by atoms with Crippen LogP contribution in [0.3, 0.4) is 0 Å². The Morgan fingerprint density at radius 1 is 1.09 bits per heavy atom. The molecule has 5 nitrogen and oxygen atoms in total. The van der Waals surface area contributed by atoms with Gasteiger partial charge >= 0.3 is 0 Å². The number of amides is 2. The zero-order chi connectivity index (χ0) is 16.1. The summed E-state index contributed by atoms with van der Waals surface area (Å²) in [5.74, 6) is 0.0448. The first-order valence-electron chi connectivity index (χ1n) is 8.59. The number of rotatable bonds is 4. The van der Waals surface area contributed by atoms with Crippen LogP contribution in [0, 0.1) is 0 Å². The zero-order valence-corrected chi connectivity index (χ0v) is 13.5. The van der Waals surface area contributed by atoms with Gasteiger partial charge in [0.05, 0.1) is 0 Å². The van der Waals surface area contributed by atoms with Gasteiger partial charge in [-0.3, -0.25) is 14.5 Å². The molecule has 0 aromatic heterocycles. The Balaban J connectivity index is 1.45. The van der Waals surface area contributed by atoms with Gasteiger partial charge in [-0.05, 0) is 37.9 Å². The van der Waals surface area contributed by atoms with Gasteiger partial charge in [-0.2, -0.15) is 0 Å². The molecule has 0 unspecified atom stereocenters. The minimum absolute atomic E-state index is 0.115. The highest BCUT2D eigenvalue weighted by molar-refractivity contribution is 5.94. The van der Waals surface area contributed by atoms with Gasteiger partial charge < -0.3 is 10.2 Å². The molecular formula is C18H25N3O2. The average Bonchev–Trinajstić information content (AvgIpc) is 2.92. The summed E-state index contributed by atoms with van der Waals surface area (Å²) in [5, 5.41) is 2.83. The van der Waals surface area contributed by atoms with Crippen molar-refractivity contribution in [2.24, 2.45) is 0 Å². The number of hydrogen-bond donors (Lipinski definition) is 1. The van der Waals surface area contributed by atoms with E-state index in [4.69, 9.17) is 0 Å². The van der Waals surface area contributed by atoms with Gasteiger partial charge in [0.15, 0.2) is 0 Å². The number of nitrogens with zero attached hydrogens (tertiary/aromatic N) is 2. The predicted molar refractivity (Wildman–Crippen MR) is 89.2 cm³/mol. The third kappa shape index (κ3) is 4.10. The smallest absolute Gasteiger partial charge is 0.251 e. The fourth-order valence-electron chi connectivity index (χ4n) is 3.57. The van der Waals surface area contributed by atoms with Gasteiger partial charge in [0.1, 0.15) is 0 Å². The largest absolute Gasteiger partial charge is 0.352 e. The Hall–Kier alpha value is -1.88. The molecule has 1 aromatic carbocycles. The van der Waals surface area contributed by atoms with E-state index < -0.39 is 0 Å². The summed E-state index contributed by atoms with van der Waals surface area (Å²) >= 11 is 0. The molecular weight excluding hydrogens is 290 g/mol. The molecule has 2 fully saturated rings. The molecule has 1 atom stereocenters.